The number of rotatable bonds is 5. The molecule has 0 N–H and O–H groups in total. The molecule has 0 bridgehead atoms. The molecule has 33 heavy (non-hydrogen) atoms. The Hall–Kier alpha value is -3.01. The minimum absolute atomic E-state index is 0.0595. The summed E-state index contributed by atoms with van der Waals surface area (Å²) in [5.74, 6) is 0.0595. The second-order valence-electron chi connectivity index (χ2n) is 10.1. The molecule has 2 atom stereocenters. The Morgan fingerprint density at radius 2 is 1.94 bits per heavy atom. The van der Waals surface area contributed by atoms with Crippen LogP contribution in [0.4, 0.5) is 4.79 Å². The quantitative estimate of drug-likeness (QED) is 0.673. The Kier molecular flexibility index (Phi) is 6.38. The number of carbonyl (C=O) groups is 2. The normalized spacial score (nSPS) is 20.6. The molecular formula is C26H34N4O3. The van der Waals surface area contributed by atoms with E-state index in [1.807, 2.05) is 43.9 Å². The lowest BCUT2D eigenvalue weighted by Gasteiger charge is -2.43. The van der Waals surface area contributed by atoms with Gasteiger partial charge < -0.3 is 14.2 Å². The first-order valence-electron chi connectivity index (χ1n) is 12.0. The Labute approximate surface area is 195 Å². The van der Waals surface area contributed by atoms with Crippen molar-refractivity contribution in [3.63, 3.8) is 0 Å². The number of nitrogens with zero attached hydrogens (tertiary/aromatic N) is 4. The van der Waals surface area contributed by atoms with Gasteiger partial charge in [0, 0.05) is 36.9 Å². The molecule has 0 radical (unpaired) electrons. The zero-order valence-electron chi connectivity index (χ0n) is 20.1. The molecule has 2 fully saturated rings. The second-order valence-corrected chi connectivity index (χ2v) is 10.1. The highest BCUT2D eigenvalue weighted by molar-refractivity contribution is 5.87. The van der Waals surface area contributed by atoms with Gasteiger partial charge in [0.1, 0.15) is 11.6 Å². The van der Waals surface area contributed by atoms with Crippen molar-refractivity contribution >= 4 is 22.9 Å². The predicted molar refractivity (Wildman–Crippen MR) is 127 cm³/mol. The van der Waals surface area contributed by atoms with E-state index in [0.29, 0.717) is 18.5 Å². The number of aryl methyl sites for hydroxylation is 2. The maximum Gasteiger partial charge on any atom is 0.410 e. The van der Waals surface area contributed by atoms with Gasteiger partial charge in [-0.3, -0.25) is 9.69 Å². The summed E-state index contributed by atoms with van der Waals surface area (Å²) in [6, 6.07) is 10.0. The molecule has 1 aromatic heterocycles. The second kappa shape index (κ2) is 9.09. The zero-order valence-corrected chi connectivity index (χ0v) is 20.1. The maximum atomic E-state index is 13.3. The molecule has 7 nitrogen and oxygen atoms in total. The van der Waals surface area contributed by atoms with Crippen LogP contribution in [0.2, 0.25) is 0 Å². The lowest BCUT2D eigenvalue weighted by molar-refractivity contribution is -0.144. The van der Waals surface area contributed by atoms with Crippen molar-refractivity contribution in [2.24, 2.45) is 0 Å². The molecular weight excluding hydrogens is 416 g/mol. The molecule has 0 spiro atoms. The molecule has 3 heterocycles. The van der Waals surface area contributed by atoms with Crippen molar-refractivity contribution in [1.29, 1.82) is 5.26 Å². The number of fused-ring (bicyclic) bond motifs is 1. The van der Waals surface area contributed by atoms with Crippen LogP contribution in [-0.2, 0) is 22.5 Å². The minimum Gasteiger partial charge on any atom is -0.444 e. The molecule has 2 aromatic rings. The van der Waals surface area contributed by atoms with Gasteiger partial charge in [0.2, 0.25) is 5.91 Å². The summed E-state index contributed by atoms with van der Waals surface area (Å²) in [7, 11) is 0. The predicted octanol–water partition coefficient (Wildman–Crippen LogP) is 4.47. The van der Waals surface area contributed by atoms with E-state index in [4.69, 9.17) is 4.74 Å². The molecule has 0 aliphatic carbocycles. The zero-order chi connectivity index (χ0) is 23.8. The maximum absolute atomic E-state index is 13.3. The number of benzene rings is 1. The fourth-order valence-electron chi connectivity index (χ4n) is 5.06. The van der Waals surface area contributed by atoms with E-state index in [0.717, 1.165) is 49.7 Å². The number of ether oxygens (including phenoxy) is 1. The third kappa shape index (κ3) is 4.71. The summed E-state index contributed by atoms with van der Waals surface area (Å²) in [4.78, 5) is 29.5. The van der Waals surface area contributed by atoms with E-state index in [9.17, 15) is 14.9 Å². The highest BCUT2D eigenvalue weighted by atomic mass is 16.6. The minimum atomic E-state index is -0.571. The molecule has 7 heteroatoms. The fourth-order valence-corrected chi connectivity index (χ4v) is 5.06. The van der Waals surface area contributed by atoms with Crippen LogP contribution >= 0.6 is 0 Å². The largest absolute Gasteiger partial charge is 0.444 e. The number of nitriles is 1. The summed E-state index contributed by atoms with van der Waals surface area (Å²) in [5.41, 5.74) is 2.42. The topological polar surface area (TPSA) is 78.6 Å². The first-order chi connectivity index (χ1) is 15.7. The highest BCUT2D eigenvalue weighted by Gasteiger charge is 2.42. The summed E-state index contributed by atoms with van der Waals surface area (Å²) in [6.07, 6.45) is 3.91. The van der Waals surface area contributed by atoms with Gasteiger partial charge in [0.15, 0.2) is 0 Å². The van der Waals surface area contributed by atoms with Crippen molar-refractivity contribution in [3.8, 4) is 6.07 Å². The summed E-state index contributed by atoms with van der Waals surface area (Å²) < 4.78 is 7.80. The van der Waals surface area contributed by atoms with Crippen LogP contribution in [-0.4, -0.2) is 57.1 Å². The number of likely N-dealkylation sites (tertiary alicyclic amines) is 2. The van der Waals surface area contributed by atoms with Crippen molar-refractivity contribution in [1.82, 2.24) is 14.4 Å². The van der Waals surface area contributed by atoms with E-state index < -0.39 is 11.6 Å². The van der Waals surface area contributed by atoms with E-state index in [2.05, 4.69) is 23.6 Å². The fraction of sp³-hybridized carbons (Fsp3) is 0.577. The Morgan fingerprint density at radius 3 is 2.58 bits per heavy atom. The van der Waals surface area contributed by atoms with E-state index in [1.165, 1.54) is 5.69 Å². The van der Waals surface area contributed by atoms with Gasteiger partial charge in [-0.25, -0.2) is 4.79 Å². The molecule has 176 valence electrons. The number of amides is 2. The van der Waals surface area contributed by atoms with Crippen molar-refractivity contribution < 1.29 is 14.3 Å². The van der Waals surface area contributed by atoms with Gasteiger partial charge in [-0.15, -0.1) is 0 Å². The molecule has 1 aromatic carbocycles. The summed E-state index contributed by atoms with van der Waals surface area (Å²) in [5, 5.41) is 10.4. The van der Waals surface area contributed by atoms with E-state index in [1.54, 1.807) is 4.90 Å². The van der Waals surface area contributed by atoms with Crippen molar-refractivity contribution in [2.45, 2.75) is 84.0 Å². The number of carbonyl (C=O) groups excluding carboxylic acids is 2. The van der Waals surface area contributed by atoms with E-state index >= 15 is 0 Å². The molecule has 0 saturated carbocycles. The van der Waals surface area contributed by atoms with E-state index in [-0.39, 0.29) is 18.0 Å². The van der Waals surface area contributed by atoms with Crippen molar-refractivity contribution in [3.05, 3.63) is 35.5 Å². The SMILES string of the molecule is CCn1c(CC[C@H]2CCN2C(=O)[C@H]2CCCN2C(=O)OC(C)(C)C)cc2ccc(C#N)cc21. The molecule has 0 unspecified atom stereocenters. The van der Waals surface area contributed by atoms with Crippen LogP contribution in [0, 0.1) is 11.3 Å². The van der Waals surface area contributed by atoms with Crippen LogP contribution < -0.4 is 0 Å². The first kappa shape index (κ1) is 23.2. The third-order valence-corrected chi connectivity index (χ3v) is 6.76. The summed E-state index contributed by atoms with van der Waals surface area (Å²) in [6.45, 7) is 9.83. The lowest BCUT2D eigenvalue weighted by atomic mass is 9.95. The Morgan fingerprint density at radius 1 is 1.15 bits per heavy atom. The van der Waals surface area contributed by atoms with Gasteiger partial charge in [-0.1, -0.05) is 6.07 Å². The molecule has 2 aliphatic heterocycles. The molecule has 2 amide bonds. The van der Waals surface area contributed by atoms with Gasteiger partial charge in [-0.2, -0.15) is 5.26 Å². The summed E-state index contributed by atoms with van der Waals surface area (Å²) >= 11 is 0. The van der Waals surface area contributed by atoms with Gasteiger partial charge in [-0.05, 0) is 83.4 Å². The van der Waals surface area contributed by atoms with Crippen LogP contribution in [0.1, 0.15) is 64.6 Å². The number of hydrogen-bond donors (Lipinski definition) is 0. The average Bonchev–Trinajstić information content (AvgIpc) is 3.35. The van der Waals surface area contributed by atoms with Crippen LogP contribution in [0.3, 0.4) is 0 Å². The van der Waals surface area contributed by atoms with Crippen LogP contribution in [0.25, 0.3) is 10.9 Å². The monoisotopic (exact) mass is 450 g/mol. The van der Waals surface area contributed by atoms with Gasteiger partial charge in [0.05, 0.1) is 11.6 Å². The highest BCUT2D eigenvalue weighted by Crippen LogP contribution is 2.30. The number of hydrogen-bond acceptors (Lipinski definition) is 4. The standard InChI is InChI=1S/C26H34N4O3/c1-5-28-21(16-19-9-8-18(17-27)15-23(19)28)11-10-20-12-14-29(20)24(31)22-7-6-13-30(22)25(32)33-26(2,3)4/h8-9,15-16,20,22H,5-7,10-14H2,1-4H3/t20-,22+/m0/s1. The van der Waals surface area contributed by atoms with Gasteiger partial charge in [0.25, 0.3) is 0 Å². The average molecular weight is 451 g/mol. The third-order valence-electron chi connectivity index (χ3n) is 6.76. The molecule has 2 saturated heterocycles. The molecule has 4 rings (SSSR count). The first-order valence-corrected chi connectivity index (χ1v) is 12.0. The molecule has 2 aliphatic rings. The van der Waals surface area contributed by atoms with Gasteiger partial charge >= 0.3 is 6.09 Å². The Bertz CT molecular complexity index is 1090. The number of aromatic nitrogens is 1. The van der Waals surface area contributed by atoms with Crippen molar-refractivity contribution in [2.75, 3.05) is 13.1 Å². The lowest BCUT2D eigenvalue weighted by Crippen LogP contribution is -2.57. The Balaban J connectivity index is 1.41. The van der Waals surface area contributed by atoms with Crippen LogP contribution in [0.5, 0.6) is 0 Å². The van der Waals surface area contributed by atoms with Crippen LogP contribution in [0.15, 0.2) is 24.3 Å². The smallest absolute Gasteiger partial charge is 0.410 e.